The summed E-state index contributed by atoms with van der Waals surface area (Å²) < 4.78 is 5.51. The van der Waals surface area contributed by atoms with Crippen molar-refractivity contribution >= 4 is 82.8 Å². The zero-order valence-electron chi connectivity index (χ0n) is 51.5. The van der Waals surface area contributed by atoms with Crippen molar-refractivity contribution in [3.05, 3.63) is 137 Å². The van der Waals surface area contributed by atoms with Crippen LogP contribution >= 0.6 is 0 Å². The number of para-hydroxylation sites is 1. The molecule has 0 aliphatic carbocycles. The van der Waals surface area contributed by atoms with Gasteiger partial charge in [0.25, 0.3) is 0 Å². The maximum atomic E-state index is 14.1. The van der Waals surface area contributed by atoms with Crippen LogP contribution in [0.2, 0.25) is 0 Å². The molecule has 0 unspecified atom stereocenters. The van der Waals surface area contributed by atoms with Gasteiger partial charge in [-0.15, -0.1) is 0 Å². The van der Waals surface area contributed by atoms with Gasteiger partial charge in [0.05, 0.1) is 24.3 Å². The third-order valence-corrected chi connectivity index (χ3v) is 15.2. The van der Waals surface area contributed by atoms with Gasteiger partial charge in [0, 0.05) is 48.8 Å². The number of rotatable bonds is 26. The van der Waals surface area contributed by atoms with Gasteiger partial charge in [0.2, 0.25) is 35.4 Å². The number of hydrogen-bond donors (Lipinski definition) is 9. The molecule has 86 heavy (non-hydrogen) atoms. The Hall–Kier alpha value is -8.85. The van der Waals surface area contributed by atoms with Crippen LogP contribution in [0.4, 0.5) is 26.7 Å². The van der Waals surface area contributed by atoms with Crippen molar-refractivity contribution in [1.82, 2.24) is 31.5 Å². The highest BCUT2D eigenvalue weighted by Crippen LogP contribution is 2.32. The molecular weight excluding hydrogens is 1100 g/mol. The number of carboxylic acid groups (broad SMARTS) is 1. The van der Waals surface area contributed by atoms with Crippen LogP contribution in [0.1, 0.15) is 123 Å². The lowest BCUT2D eigenvalue weighted by atomic mass is 9.76. The number of benzene rings is 4. The number of likely N-dealkylation sites (N-methyl/N-ethyl adjacent to an activating group) is 2. The number of aliphatic carboxylic acids is 1. The van der Waals surface area contributed by atoms with Crippen molar-refractivity contribution in [2.24, 2.45) is 23.0 Å². The molecule has 0 fully saturated rings. The number of amides is 9. The summed E-state index contributed by atoms with van der Waals surface area (Å²) in [6, 6.07) is 23.5. The maximum absolute atomic E-state index is 14.1. The quantitative estimate of drug-likeness (QED) is 0.0214. The minimum Gasteiger partial charge on any atom is -0.478 e. The third kappa shape index (κ3) is 19.1. The van der Waals surface area contributed by atoms with E-state index in [9.17, 15) is 48.3 Å². The summed E-state index contributed by atoms with van der Waals surface area (Å²) >= 11 is 0. The van der Waals surface area contributed by atoms with E-state index in [0.29, 0.717) is 29.2 Å². The molecule has 0 bridgehead atoms. The Labute approximate surface area is 504 Å². The number of urea groups is 1. The van der Waals surface area contributed by atoms with Gasteiger partial charge >= 0.3 is 18.1 Å². The molecule has 1 heterocycles. The number of primary amides is 1. The van der Waals surface area contributed by atoms with Gasteiger partial charge < -0.3 is 57.3 Å². The van der Waals surface area contributed by atoms with Crippen molar-refractivity contribution in [3.8, 4) is 0 Å². The molecule has 21 heteroatoms. The Bertz CT molecular complexity index is 3130. The Morgan fingerprint density at radius 1 is 0.721 bits per heavy atom. The minimum atomic E-state index is -1.11. The second kappa shape index (κ2) is 30.8. The smallest absolute Gasteiger partial charge is 0.411 e. The van der Waals surface area contributed by atoms with Gasteiger partial charge in [-0.2, -0.15) is 0 Å². The van der Waals surface area contributed by atoms with Crippen molar-refractivity contribution in [2.45, 2.75) is 144 Å². The van der Waals surface area contributed by atoms with E-state index in [1.807, 2.05) is 109 Å². The first kappa shape index (κ1) is 67.9. The van der Waals surface area contributed by atoms with Crippen LogP contribution in [0, 0.1) is 17.3 Å². The van der Waals surface area contributed by atoms with E-state index in [1.54, 1.807) is 87.4 Å². The Balaban J connectivity index is 1.16. The molecule has 4 aromatic carbocycles. The number of carbonyl (C=O) groups excluding carboxylic acids is 8. The maximum Gasteiger partial charge on any atom is 0.411 e. The van der Waals surface area contributed by atoms with Crippen molar-refractivity contribution < 1.29 is 53.0 Å². The molecule has 0 radical (unpaired) electrons. The number of hydrogen-bond acceptors (Lipinski definition) is 11. The molecule has 10 N–H and O–H groups in total. The number of fused-ring (bicyclic) bond motifs is 2. The lowest BCUT2D eigenvalue weighted by molar-refractivity contribution is -0.141. The zero-order valence-corrected chi connectivity index (χ0v) is 51.5. The molecule has 1 aliphatic heterocycles. The zero-order chi connectivity index (χ0) is 63.6. The van der Waals surface area contributed by atoms with E-state index in [-0.39, 0.29) is 62.1 Å². The van der Waals surface area contributed by atoms with Crippen LogP contribution in [-0.2, 0) is 56.9 Å². The van der Waals surface area contributed by atoms with Crippen LogP contribution in [0.25, 0.3) is 12.2 Å². The number of carboxylic acids is 1. The fourth-order valence-electron chi connectivity index (χ4n) is 10.0. The first-order valence-corrected chi connectivity index (χ1v) is 28.9. The van der Waals surface area contributed by atoms with Crippen LogP contribution < -0.4 is 47.9 Å². The molecule has 0 aromatic heterocycles. The molecular formula is C65H86N10O11. The van der Waals surface area contributed by atoms with Crippen molar-refractivity contribution in [1.29, 1.82) is 0 Å². The summed E-state index contributed by atoms with van der Waals surface area (Å²) in [6.45, 7) is 18.4. The summed E-state index contributed by atoms with van der Waals surface area (Å²) in [5, 5.41) is 29.2. The molecule has 21 nitrogen and oxygen atoms in total. The second-order valence-electron chi connectivity index (χ2n) is 23.9. The van der Waals surface area contributed by atoms with Crippen LogP contribution in [0.3, 0.4) is 0 Å². The lowest BCUT2D eigenvalue weighted by Gasteiger charge is -2.40. The summed E-state index contributed by atoms with van der Waals surface area (Å²) in [6.07, 6.45) is 4.81. The largest absolute Gasteiger partial charge is 0.478 e. The lowest BCUT2D eigenvalue weighted by Crippen LogP contribution is -2.61. The van der Waals surface area contributed by atoms with Gasteiger partial charge in [-0.3, -0.25) is 34.1 Å². The highest BCUT2D eigenvalue weighted by atomic mass is 16.5. The first-order valence-electron chi connectivity index (χ1n) is 28.9. The van der Waals surface area contributed by atoms with Gasteiger partial charge in [-0.25, -0.2) is 14.4 Å². The van der Waals surface area contributed by atoms with Crippen LogP contribution in [0.15, 0.2) is 109 Å². The molecule has 462 valence electrons. The molecule has 1 aliphatic rings. The first-order chi connectivity index (χ1) is 40.5. The van der Waals surface area contributed by atoms with Gasteiger partial charge in [-0.05, 0) is 102 Å². The van der Waals surface area contributed by atoms with E-state index < -0.39 is 88.7 Å². The number of nitrogens with zero attached hydrogens (tertiary/aromatic N) is 2. The number of nitrogens with one attached hydrogen (secondary N) is 7. The molecule has 4 aromatic rings. The number of nitrogens with two attached hydrogens (primary N) is 1. The van der Waals surface area contributed by atoms with Crippen LogP contribution in [0.5, 0.6) is 0 Å². The second-order valence-corrected chi connectivity index (χ2v) is 23.9. The molecule has 9 amide bonds. The van der Waals surface area contributed by atoms with Gasteiger partial charge in [0.1, 0.15) is 24.7 Å². The van der Waals surface area contributed by atoms with E-state index in [4.69, 9.17) is 10.5 Å². The predicted molar refractivity (Wildman–Crippen MR) is 333 cm³/mol. The standard InChI is InChI=1S/C65H86N10O11/c1-39(2)51(36-41(5)61(82)83)74(12)60(81)56(64(6,7)8)73-59(80)55(67-11)65(9,10)46-27-31-48(32-28-46)70-63(85)86-38-42-23-29-47(30-24-42)69-57(78)49(21-17-35-68-62(66)84)71-58(79)54(40(3)4)72-52(76)33-34-53(77)75-37-45-20-14-13-18-43(45)25-26-44-19-15-16-22-50(44)75/h13-16,18-20,22-32,36,39-40,49,51,54-56,67H,17,21,33-35,37-38H2,1-12H3,(H,69,78)(H,70,85)(H,71,79)(H,72,76)(H,73,80)(H,82,83)(H3,66,68,84)/b26-25?,41-36+/t49-,51+,54-,55+,56+/m0/s1. The highest BCUT2D eigenvalue weighted by Gasteiger charge is 2.42. The fourth-order valence-corrected chi connectivity index (χ4v) is 10.0. The fraction of sp³-hybridized carbons (Fsp3) is 0.431. The number of anilines is 3. The number of carbonyl (C=O) groups is 9. The molecule has 5 rings (SSSR count). The van der Waals surface area contributed by atoms with E-state index in [0.717, 1.165) is 22.3 Å². The Morgan fingerprint density at radius 3 is 1.93 bits per heavy atom. The Kier molecular flexibility index (Phi) is 24.3. The molecule has 0 saturated carbocycles. The highest BCUT2D eigenvalue weighted by molar-refractivity contribution is 6.00. The molecule has 5 atom stereocenters. The minimum absolute atomic E-state index is 0.0908. The summed E-state index contributed by atoms with van der Waals surface area (Å²) in [5.74, 6) is -4.38. The molecule has 0 spiro atoms. The average molecular weight is 1180 g/mol. The topological polar surface area (TPSA) is 300 Å². The predicted octanol–water partition coefficient (Wildman–Crippen LogP) is 7.86. The van der Waals surface area contributed by atoms with Gasteiger partial charge in [-0.1, -0.05) is 147 Å². The Morgan fingerprint density at radius 2 is 1.33 bits per heavy atom. The number of ether oxygens (including phenoxy) is 1. The summed E-state index contributed by atoms with van der Waals surface area (Å²) in [7, 11) is 3.26. The van der Waals surface area contributed by atoms with Crippen molar-refractivity contribution in [3.63, 3.8) is 0 Å². The van der Waals surface area contributed by atoms with Crippen LogP contribution in [-0.4, -0.2) is 114 Å². The third-order valence-electron chi connectivity index (χ3n) is 15.2. The van der Waals surface area contributed by atoms with Gasteiger partial charge in [0.15, 0.2) is 0 Å². The average Bonchev–Trinajstić information content (AvgIpc) is 1.31. The summed E-state index contributed by atoms with van der Waals surface area (Å²) in [5.41, 5.74) is 9.44. The molecule has 0 saturated heterocycles. The van der Waals surface area contributed by atoms with Crippen molar-refractivity contribution in [2.75, 3.05) is 36.2 Å². The van der Waals surface area contributed by atoms with E-state index in [2.05, 4.69) is 37.2 Å². The monoisotopic (exact) mass is 1180 g/mol. The van der Waals surface area contributed by atoms with E-state index >= 15 is 0 Å². The van der Waals surface area contributed by atoms with E-state index in [1.165, 1.54) is 11.8 Å². The SMILES string of the molecule is CN[C@H](C(=O)N[C@H](C(=O)N(C)[C@H](/C=C(\C)C(=O)O)C(C)C)C(C)(C)C)C(C)(C)c1ccc(NC(=O)OCc2ccc(NC(=O)[C@H](CCCNC(N)=O)NC(=O)[C@@H](NC(=O)CCC(=O)N3Cc4ccccc4C=Cc4ccccc43)C(C)C)cc2)cc1. The normalized spacial score (nSPS) is 14.1. The summed E-state index contributed by atoms with van der Waals surface area (Å²) in [4.78, 5) is 123.